The molecule has 0 heterocycles. The van der Waals surface area contributed by atoms with Crippen LogP contribution in [0.1, 0.15) is 34.1 Å². The summed E-state index contributed by atoms with van der Waals surface area (Å²) in [6.07, 6.45) is 0.439. The van der Waals surface area contributed by atoms with E-state index < -0.39 is 0 Å². The molecule has 0 saturated carbocycles. The highest BCUT2D eigenvalue weighted by atomic mass is 16.6. The second kappa shape index (κ2) is 7.63. The number of hydrogen-bond donors (Lipinski definition) is 0. The van der Waals surface area contributed by atoms with Gasteiger partial charge in [-0.3, -0.25) is 4.79 Å². The molecule has 0 amide bonds. The van der Waals surface area contributed by atoms with Crippen LogP contribution in [0.3, 0.4) is 0 Å². The van der Waals surface area contributed by atoms with E-state index in [0.717, 1.165) is 19.6 Å². The third kappa shape index (κ3) is 8.68. The van der Waals surface area contributed by atoms with Crippen molar-refractivity contribution in [3.05, 3.63) is 0 Å². The van der Waals surface area contributed by atoms with Crippen LogP contribution in [0, 0.1) is 0 Å². The van der Waals surface area contributed by atoms with Gasteiger partial charge in [0.1, 0.15) is 5.60 Å². The van der Waals surface area contributed by atoms with Gasteiger partial charge >= 0.3 is 5.97 Å². The zero-order valence-corrected chi connectivity index (χ0v) is 11.2. The Morgan fingerprint density at radius 3 is 2.31 bits per heavy atom. The molecule has 0 N–H and O–H groups in total. The molecule has 0 atom stereocenters. The number of ether oxygens (including phenoxy) is 2. The molecular weight excluding hydrogens is 206 g/mol. The minimum atomic E-state index is -0.388. The third-order valence-electron chi connectivity index (χ3n) is 2.11. The zero-order valence-electron chi connectivity index (χ0n) is 11.2. The third-order valence-corrected chi connectivity index (χ3v) is 2.11. The van der Waals surface area contributed by atoms with Crippen LogP contribution in [0.25, 0.3) is 0 Å². The number of carbonyl (C=O) groups is 1. The molecule has 0 spiro atoms. The number of nitrogens with zero attached hydrogens (tertiary/aromatic N) is 1. The molecule has 0 aliphatic heterocycles. The fraction of sp³-hybridized carbons (Fsp3) is 0.917. The number of methoxy groups -OCH3 is 1. The highest BCUT2D eigenvalue weighted by Crippen LogP contribution is 2.08. The molecule has 0 aliphatic carbocycles. The van der Waals surface area contributed by atoms with Crippen LogP contribution in [0.2, 0.25) is 0 Å². The monoisotopic (exact) mass is 231 g/mol. The molecule has 0 bridgehead atoms. The summed E-state index contributed by atoms with van der Waals surface area (Å²) in [5, 5.41) is 0. The quantitative estimate of drug-likeness (QED) is 0.625. The fourth-order valence-electron chi connectivity index (χ4n) is 1.29. The molecule has 96 valence electrons. The summed E-state index contributed by atoms with van der Waals surface area (Å²) in [6.45, 7) is 10.9. The number of carbonyl (C=O) groups excluding carboxylic acids is 1. The van der Waals surface area contributed by atoms with Crippen LogP contribution < -0.4 is 0 Å². The van der Waals surface area contributed by atoms with Crippen molar-refractivity contribution in [3.8, 4) is 0 Å². The standard InChI is InChI=1S/C12H25NO3/c1-6-13(9-10-15-5)8-7-11(14)16-12(2,3)4/h6-10H2,1-5H3. The molecule has 0 rings (SSSR count). The minimum Gasteiger partial charge on any atom is -0.460 e. The normalized spacial score (nSPS) is 11.9. The Bertz CT molecular complexity index is 199. The van der Waals surface area contributed by atoms with Crippen molar-refractivity contribution in [3.63, 3.8) is 0 Å². The van der Waals surface area contributed by atoms with Gasteiger partial charge in [-0.2, -0.15) is 0 Å². The molecular formula is C12H25NO3. The lowest BCUT2D eigenvalue weighted by atomic mass is 10.2. The Morgan fingerprint density at radius 1 is 1.25 bits per heavy atom. The SMILES string of the molecule is CCN(CCOC)CCC(=O)OC(C)(C)C. The molecule has 4 nitrogen and oxygen atoms in total. The van der Waals surface area contributed by atoms with Gasteiger partial charge in [-0.05, 0) is 27.3 Å². The molecule has 0 fully saturated rings. The summed E-state index contributed by atoms with van der Waals surface area (Å²) in [4.78, 5) is 13.6. The van der Waals surface area contributed by atoms with E-state index in [0.29, 0.717) is 13.0 Å². The average Bonchev–Trinajstić information content (AvgIpc) is 2.15. The van der Waals surface area contributed by atoms with Crippen LogP contribution in [0.5, 0.6) is 0 Å². The van der Waals surface area contributed by atoms with E-state index in [4.69, 9.17) is 9.47 Å². The van der Waals surface area contributed by atoms with Crippen molar-refractivity contribution in [1.82, 2.24) is 4.90 Å². The van der Waals surface area contributed by atoms with Gasteiger partial charge < -0.3 is 14.4 Å². The van der Waals surface area contributed by atoms with Gasteiger partial charge in [0.15, 0.2) is 0 Å². The second-order valence-corrected chi connectivity index (χ2v) is 4.76. The van der Waals surface area contributed by atoms with Crippen LogP contribution >= 0.6 is 0 Å². The van der Waals surface area contributed by atoms with Crippen LogP contribution in [-0.4, -0.2) is 49.8 Å². The summed E-state index contributed by atoms with van der Waals surface area (Å²) in [6, 6.07) is 0. The van der Waals surface area contributed by atoms with Gasteiger partial charge in [0, 0.05) is 20.2 Å². The van der Waals surface area contributed by atoms with Crippen LogP contribution in [0.4, 0.5) is 0 Å². The topological polar surface area (TPSA) is 38.8 Å². The number of likely N-dealkylation sites (N-methyl/N-ethyl adjacent to an activating group) is 1. The predicted molar refractivity (Wildman–Crippen MR) is 64.5 cm³/mol. The van der Waals surface area contributed by atoms with Gasteiger partial charge in [-0.25, -0.2) is 0 Å². The number of esters is 1. The number of rotatable bonds is 7. The van der Waals surface area contributed by atoms with E-state index in [1.807, 2.05) is 20.8 Å². The lowest BCUT2D eigenvalue weighted by Gasteiger charge is -2.22. The van der Waals surface area contributed by atoms with Crippen molar-refractivity contribution in [2.45, 2.75) is 39.7 Å². The largest absolute Gasteiger partial charge is 0.460 e. The van der Waals surface area contributed by atoms with Gasteiger partial charge in [-0.15, -0.1) is 0 Å². The molecule has 0 radical (unpaired) electrons. The van der Waals surface area contributed by atoms with Crippen molar-refractivity contribution in [1.29, 1.82) is 0 Å². The van der Waals surface area contributed by atoms with E-state index in [1.54, 1.807) is 7.11 Å². The molecule has 4 heteroatoms. The summed E-state index contributed by atoms with van der Waals surface area (Å²) >= 11 is 0. The average molecular weight is 231 g/mol. The maximum absolute atomic E-state index is 11.5. The van der Waals surface area contributed by atoms with Crippen molar-refractivity contribution >= 4 is 5.97 Å². The van der Waals surface area contributed by atoms with Crippen LogP contribution in [-0.2, 0) is 14.3 Å². The fourth-order valence-corrected chi connectivity index (χ4v) is 1.29. The Morgan fingerprint density at radius 2 is 1.88 bits per heavy atom. The van der Waals surface area contributed by atoms with E-state index in [9.17, 15) is 4.79 Å². The molecule has 0 aromatic rings. The van der Waals surface area contributed by atoms with Crippen LogP contribution in [0.15, 0.2) is 0 Å². The van der Waals surface area contributed by atoms with E-state index in [2.05, 4.69) is 11.8 Å². The Kier molecular flexibility index (Phi) is 7.34. The highest BCUT2D eigenvalue weighted by molar-refractivity contribution is 5.70. The van der Waals surface area contributed by atoms with Crippen molar-refractivity contribution in [2.75, 3.05) is 33.4 Å². The van der Waals surface area contributed by atoms with Crippen molar-refractivity contribution in [2.24, 2.45) is 0 Å². The van der Waals surface area contributed by atoms with E-state index in [-0.39, 0.29) is 11.6 Å². The molecule has 0 saturated heterocycles. The van der Waals surface area contributed by atoms with Gasteiger partial charge in [0.05, 0.1) is 13.0 Å². The summed E-state index contributed by atoms with van der Waals surface area (Å²) in [7, 11) is 1.68. The lowest BCUT2D eigenvalue weighted by Crippen LogP contribution is -2.31. The molecule has 16 heavy (non-hydrogen) atoms. The molecule has 0 unspecified atom stereocenters. The minimum absolute atomic E-state index is 0.136. The van der Waals surface area contributed by atoms with Crippen molar-refractivity contribution < 1.29 is 14.3 Å². The first-order chi connectivity index (χ1) is 7.39. The van der Waals surface area contributed by atoms with E-state index in [1.165, 1.54) is 0 Å². The molecule has 0 aromatic heterocycles. The molecule has 0 aromatic carbocycles. The van der Waals surface area contributed by atoms with Gasteiger partial charge in [0.2, 0.25) is 0 Å². The molecule has 0 aliphatic rings. The lowest BCUT2D eigenvalue weighted by molar-refractivity contribution is -0.155. The number of hydrogen-bond acceptors (Lipinski definition) is 4. The van der Waals surface area contributed by atoms with Gasteiger partial charge in [-0.1, -0.05) is 6.92 Å². The first-order valence-electron chi connectivity index (χ1n) is 5.82. The maximum Gasteiger partial charge on any atom is 0.307 e. The smallest absolute Gasteiger partial charge is 0.307 e. The Balaban J connectivity index is 3.79. The second-order valence-electron chi connectivity index (χ2n) is 4.76. The van der Waals surface area contributed by atoms with Gasteiger partial charge in [0.25, 0.3) is 0 Å². The first-order valence-corrected chi connectivity index (χ1v) is 5.82. The van der Waals surface area contributed by atoms with E-state index >= 15 is 0 Å². The zero-order chi connectivity index (χ0) is 12.6. The predicted octanol–water partition coefficient (Wildman–Crippen LogP) is 1.69. The summed E-state index contributed by atoms with van der Waals surface area (Å²) < 4.78 is 10.2. The summed E-state index contributed by atoms with van der Waals surface area (Å²) in [5.74, 6) is -0.136. The maximum atomic E-state index is 11.5. The summed E-state index contributed by atoms with van der Waals surface area (Å²) in [5.41, 5.74) is -0.388. The Hall–Kier alpha value is -0.610. The first kappa shape index (κ1) is 15.4. The Labute approximate surface area is 98.9 Å². The highest BCUT2D eigenvalue weighted by Gasteiger charge is 2.16.